The number of hydrogen-bond acceptors (Lipinski definition) is 6. The summed E-state index contributed by atoms with van der Waals surface area (Å²) in [6.07, 6.45) is -2.38. The molecule has 0 saturated carbocycles. The molecule has 3 rings (SSSR count). The Balaban J connectivity index is 1.53. The number of halogens is 3. The van der Waals surface area contributed by atoms with Crippen LogP contribution in [-0.4, -0.2) is 34.2 Å². The number of nitrogens with one attached hydrogen (secondary N) is 1. The van der Waals surface area contributed by atoms with Crippen LogP contribution in [0.15, 0.2) is 22.7 Å². The van der Waals surface area contributed by atoms with Crippen molar-refractivity contribution in [3.63, 3.8) is 0 Å². The van der Waals surface area contributed by atoms with E-state index in [2.05, 4.69) is 20.5 Å². The predicted molar refractivity (Wildman–Crippen MR) is 85.1 cm³/mol. The zero-order valence-corrected chi connectivity index (χ0v) is 14.1. The van der Waals surface area contributed by atoms with Gasteiger partial charge < -0.3 is 14.6 Å². The van der Waals surface area contributed by atoms with E-state index in [4.69, 9.17) is 4.42 Å². The van der Waals surface area contributed by atoms with Crippen LogP contribution in [0.2, 0.25) is 0 Å². The van der Waals surface area contributed by atoms with E-state index in [1.54, 1.807) is 4.90 Å². The molecular weight excluding hydrogens is 351 g/mol. The van der Waals surface area contributed by atoms with Crippen molar-refractivity contribution < 1.29 is 22.4 Å². The lowest BCUT2D eigenvalue weighted by atomic mass is 10.1. The fourth-order valence-corrected chi connectivity index (χ4v) is 2.73. The minimum Gasteiger partial charge on any atom is -0.423 e. The molecule has 2 aromatic rings. The number of carbonyl (C=O) groups excluding carboxylic acids is 1. The second-order valence-corrected chi connectivity index (χ2v) is 6.00. The van der Waals surface area contributed by atoms with Crippen LogP contribution in [0.3, 0.4) is 0 Å². The summed E-state index contributed by atoms with van der Waals surface area (Å²) in [4.78, 5) is 17.9. The third-order valence-corrected chi connectivity index (χ3v) is 4.18. The maximum atomic E-state index is 12.6. The van der Waals surface area contributed by atoms with Crippen LogP contribution in [0.1, 0.15) is 30.7 Å². The van der Waals surface area contributed by atoms with Gasteiger partial charge in [-0.05, 0) is 18.6 Å². The Morgan fingerprint density at radius 2 is 2.12 bits per heavy atom. The molecule has 1 amide bonds. The van der Waals surface area contributed by atoms with Crippen molar-refractivity contribution >= 4 is 11.7 Å². The SMILES string of the molecule is CCc1nnc(CNC(=O)[C@@H]2CCN(c3ccc(C(F)(F)F)cn3)C2)o1. The van der Waals surface area contributed by atoms with Gasteiger partial charge in [0.05, 0.1) is 18.0 Å². The molecule has 0 bridgehead atoms. The standard InChI is InChI=1S/C16H18F3N5O2/c1-2-13-22-23-14(26-13)8-21-15(25)10-5-6-24(9-10)12-4-3-11(7-20-12)16(17,18)19/h3-4,7,10H,2,5-6,8-9H2,1H3,(H,21,25)/t10-/m1/s1. The van der Waals surface area contributed by atoms with Crippen LogP contribution in [0.25, 0.3) is 0 Å². The molecular formula is C16H18F3N5O2. The van der Waals surface area contributed by atoms with E-state index in [0.29, 0.717) is 43.5 Å². The van der Waals surface area contributed by atoms with Gasteiger partial charge in [-0.3, -0.25) is 4.79 Å². The average Bonchev–Trinajstić information content (AvgIpc) is 3.28. The highest BCUT2D eigenvalue weighted by molar-refractivity contribution is 5.79. The molecule has 10 heteroatoms. The zero-order chi connectivity index (χ0) is 18.7. The van der Waals surface area contributed by atoms with Gasteiger partial charge in [0.2, 0.25) is 17.7 Å². The smallest absolute Gasteiger partial charge is 0.417 e. The molecule has 1 aliphatic rings. The first kappa shape index (κ1) is 18.2. The van der Waals surface area contributed by atoms with Crippen molar-refractivity contribution in [3.05, 3.63) is 35.7 Å². The Labute approximate surface area is 147 Å². The summed E-state index contributed by atoms with van der Waals surface area (Å²) in [5, 5.41) is 10.4. The quantitative estimate of drug-likeness (QED) is 0.870. The van der Waals surface area contributed by atoms with E-state index in [9.17, 15) is 18.0 Å². The van der Waals surface area contributed by atoms with Gasteiger partial charge in [0.1, 0.15) is 5.82 Å². The molecule has 1 saturated heterocycles. The Hall–Kier alpha value is -2.65. The molecule has 3 heterocycles. The molecule has 7 nitrogen and oxygen atoms in total. The summed E-state index contributed by atoms with van der Waals surface area (Å²) in [7, 11) is 0. The number of hydrogen-bond donors (Lipinski definition) is 1. The van der Waals surface area contributed by atoms with E-state index >= 15 is 0 Å². The number of amides is 1. The first-order valence-corrected chi connectivity index (χ1v) is 8.24. The van der Waals surface area contributed by atoms with Crippen molar-refractivity contribution in [2.24, 2.45) is 5.92 Å². The highest BCUT2D eigenvalue weighted by atomic mass is 19.4. The van der Waals surface area contributed by atoms with E-state index < -0.39 is 11.7 Å². The number of alkyl halides is 3. The Kier molecular flexibility index (Phi) is 5.10. The fraction of sp³-hybridized carbons (Fsp3) is 0.500. The molecule has 140 valence electrons. The Bertz CT molecular complexity index is 760. The van der Waals surface area contributed by atoms with Crippen LogP contribution >= 0.6 is 0 Å². The largest absolute Gasteiger partial charge is 0.423 e. The Morgan fingerprint density at radius 3 is 2.73 bits per heavy atom. The van der Waals surface area contributed by atoms with Gasteiger partial charge in [-0.15, -0.1) is 10.2 Å². The number of nitrogens with zero attached hydrogens (tertiary/aromatic N) is 4. The van der Waals surface area contributed by atoms with Gasteiger partial charge in [-0.1, -0.05) is 6.92 Å². The molecule has 0 spiro atoms. The summed E-state index contributed by atoms with van der Waals surface area (Å²) >= 11 is 0. The van der Waals surface area contributed by atoms with Crippen LogP contribution in [-0.2, 0) is 23.9 Å². The van der Waals surface area contributed by atoms with Crippen molar-refractivity contribution in [1.82, 2.24) is 20.5 Å². The molecule has 2 aromatic heterocycles. The first-order valence-electron chi connectivity index (χ1n) is 8.24. The fourth-order valence-electron chi connectivity index (χ4n) is 2.73. The van der Waals surface area contributed by atoms with E-state index in [-0.39, 0.29) is 18.4 Å². The topological polar surface area (TPSA) is 84.2 Å². The van der Waals surface area contributed by atoms with E-state index in [0.717, 1.165) is 12.3 Å². The van der Waals surface area contributed by atoms with Gasteiger partial charge in [-0.25, -0.2) is 4.98 Å². The first-order chi connectivity index (χ1) is 12.4. The Morgan fingerprint density at radius 1 is 1.35 bits per heavy atom. The number of anilines is 1. The summed E-state index contributed by atoms with van der Waals surface area (Å²) < 4.78 is 43.1. The third-order valence-electron chi connectivity index (χ3n) is 4.18. The lowest BCUT2D eigenvalue weighted by Crippen LogP contribution is -2.32. The summed E-state index contributed by atoms with van der Waals surface area (Å²) in [6.45, 7) is 2.99. The van der Waals surface area contributed by atoms with Gasteiger partial charge >= 0.3 is 6.18 Å². The summed E-state index contributed by atoms with van der Waals surface area (Å²) in [5.41, 5.74) is -0.791. The van der Waals surface area contributed by atoms with Crippen LogP contribution in [0, 0.1) is 5.92 Å². The van der Waals surface area contributed by atoms with Gasteiger partial charge in [0.15, 0.2) is 0 Å². The molecule has 26 heavy (non-hydrogen) atoms. The lowest BCUT2D eigenvalue weighted by Gasteiger charge is -2.18. The second-order valence-electron chi connectivity index (χ2n) is 6.00. The molecule has 1 fully saturated rings. The molecule has 1 N–H and O–H groups in total. The normalized spacial score (nSPS) is 17.5. The highest BCUT2D eigenvalue weighted by Crippen LogP contribution is 2.30. The zero-order valence-electron chi connectivity index (χ0n) is 14.1. The molecule has 1 atom stereocenters. The van der Waals surface area contributed by atoms with Crippen LogP contribution in [0.4, 0.5) is 19.0 Å². The number of aryl methyl sites for hydroxylation is 1. The molecule has 0 unspecified atom stereocenters. The molecule has 1 aliphatic heterocycles. The predicted octanol–water partition coefficient (Wildman–Crippen LogP) is 2.19. The highest BCUT2D eigenvalue weighted by Gasteiger charge is 2.32. The van der Waals surface area contributed by atoms with Crippen molar-refractivity contribution in [2.45, 2.75) is 32.5 Å². The van der Waals surface area contributed by atoms with E-state index in [1.807, 2.05) is 6.92 Å². The third kappa shape index (κ3) is 4.12. The summed E-state index contributed by atoms with van der Waals surface area (Å²) in [6, 6.07) is 2.32. The minimum absolute atomic E-state index is 0.154. The van der Waals surface area contributed by atoms with Crippen LogP contribution < -0.4 is 10.2 Å². The lowest BCUT2D eigenvalue weighted by molar-refractivity contribution is -0.137. The number of aromatic nitrogens is 3. The summed E-state index contributed by atoms with van der Waals surface area (Å²) in [5.74, 6) is 0.852. The number of carbonyl (C=O) groups is 1. The van der Waals surface area contributed by atoms with Gasteiger partial charge in [0, 0.05) is 25.7 Å². The average molecular weight is 369 g/mol. The second kappa shape index (κ2) is 7.30. The van der Waals surface area contributed by atoms with Crippen molar-refractivity contribution in [3.8, 4) is 0 Å². The van der Waals surface area contributed by atoms with Gasteiger partial charge in [-0.2, -0.15) is 13.2 Å². The molecule has 0 radical (unpaired) electrons. The van der Waals surface area contributed by atoms with Crippen molar-refractivity contribution in [1.29, 1.82) is 0 Å². The molecule has 0 aromatic carbocycles. The maximum absolute atomic E-state index is 12.6. The monoisotopic (exact) mass is 369 g/mol. The van der Waals surface area contributed by atoms with Crippen LogP contribution in [0.5, 0.6) is 0 Å². The minimum atomic E-state index is -4.41. The van der Waals surface area contributed by atoms with E-state index in [1.165, 1.54) is 6.07 Å². The van der Waals surface area contributed by atoms with Crippen molar-refractivity contribution in [2.75, 3.05) is 18.0 Å². The van der Waals surface area contributed by atoms with Gasteiger partial charge in [0.25, 0.3) is 0 Å². The maximum Gasteiger partial charge on any atom is 0.417 e. The number of rotatable bonds is 5. The number of pyridine rings is 1. The molecule has 0 aliphatic carbocycles.